The molecule has 11 heteroatoms. The minimum atomic E-state index is -0.910. The van der Waals surface area contributed by atoms with Crippen LogP contribution >= 0.6 is 0 Å². The monoisotopic (exact) mass is 533 g/mol. The Morgan fingerprint density at radius 1 is 1.00 bits per heavy atom. The van der Waals surface area contributed by atoms with Gasteiger partial charge in [-0.2, -0.15) is 0 Å². The van der Waals surface area contributed by atoms with Crippen LogP contribution in [0.3, 0.4) is 0 Å². The number of ketones is 2. The fourth-order valence-electron chi connectivity index (χ4n) is 3.98. The molecule has 0 aliphatic rings. The van der Waals surface area contributed by atoms with E-state index in [4.69, 9.17) is 8.52 Å². The van der Waals surface area contributed by atoms with Crippen LogP contribution in [-0.2, 0) is 19.2 Å². The van der Waals surface area contributed by atoms with E-state index in [0.29, 0.717) is 12.0 Å². The fourth-order valence-corrected chi connectivity index (χ4v) is 3.98. The smallest absolute Gasteiger partial charge is 0.312 e. The molecule has 0 saturated carbocycles. The summed E-state index contributed by atoms with van der Waals surface area (Å²) < 4.78 is 14.4. The van der Waals surface area contributed by atoms with Gasteiger partial charge in [0, 0.05) is 51.6 Å². The molecule has 0 aliphatic heterocycles. The molecule has 0 aromatic heterocycles. The summed E-state index contributed by atoms with van der Waals surface area (Å²) in [5, 5.41) is 7.47. The average Bonchev–Trinajstić information content (AvgIpc) is 2.90. The number of benzene rings is 1. The van der Waals surface area contributed by atoms with E-state index in [1.54, 1.807) is 43.8 Å². The summed E-state index contributed by atoms with van der Waals surface area (Å²) in [5.74, 6) is -4.27. The van der Waals surface area contributed by atoms with Crippen LogP contribution < -0.4 is 27.4 Å². The molecule has 0 saturated heterocycles. The summed E-state index contributed by atoms with van der Waals surface area (Å²) in [6.07, 6.45) is 0.120. The molecular weight excluding hydrogens is 490 g/mol. The molecule has 210 valence electrons. The highest BCUT2D eigenvalue weighted by Gasteiger charge is 2.29. The molecule has 38 heavy (non-hydrogen) atoms. The number of carbonyl (C=O) groups excluding carboxylic acids is 6. The predicted molar refractivity (Wildman–Crippen MR) is 143 cm³/mol. The first-order valence-electron chi connectivity index (χ1n) is 13.8. The second-order valence-corrected chi connectivity index (χ2v) is 9.72. The Labute approximate surface area is 226 Å². The van der Waals surface area contributed by atoms with Gasteiger partial charge < -0.3 is 27.4 Å². The summed E-state index contributed by atoms with van der Waals surface area (Å²) in [6.45, 7) is 5.58. The largest absolute Gasteiger partial charge is 0.369 e. The molecule has 0 fully saturated rings. The average molecular weight is 534 g/mol. The maximum atomic E-state index is 13.1. The van der Waals surface area contributed by atoms with Crippen molar-refractivity contribution >= 4 is 35.3 Å². The van der Waals surface area contributed by atoms with Crippen molar-refractivity contribution in [2.75, 3.05) is 13.6 Å². The Hall–Kier alpha value is -3.76. The lowest BCUT2D eigenvalue weighted by Gasteiger charge is -2.23. The van der Waals surface area contributed by atoms with E-state index in [2.05, 4.69) is 16.0 Å². The van der Waals surface area contributed by atoms with Crippen LogP contribution in [-0.4, -0.2) is 54.9 Å². The third-order valence-electron chi connectivity index (χ3n) is 6.25. The molecule has 3 atom stereocenters. The van der Waals surface area contributed by atoms with Crippen molar-refractivity contribution in [1.29, 1.82) is 0 Å². The number of carbonyl (C=O) groups is 6. The van der Waals surface area contributed by atoms with Crippen LogP contribution in [0.5, 0.6) is 0 Å². The Morgan fingerprint density at radius 3 is 2.26 bits per heavy atom. The van der Waals surface area contributed by atoms with Crippen LogP contribution in [0.1, 0.15) is 69.7 Å². The molecule has 0 unspecified atom stereocenters. The predicted octanol–water partition coefficient (Wildman–Crippen LogP) is 1.36. The van der Waals surface area contributed by atoms with Crippen LogP contribution in [0.15, 0.2) is 24.3 Å². The molecule has 0 spiro atoms. The molecule has 0 radical (unpaired) electrons. The van der Waals surface area contributed by atoms with Crippen LogP contribution in [0.25, 0.3) is 0 Å². The highest BCUT2D eigenvalue weighted by Crippen LogP contribution is 2.18. The fraction of sp³-hybridized carbons (Fsp3) is 0.556. The first kappa shape index (κ1) is 28.8. The van der Waals surface area contributed by atoms with E-state index in [-0.39, 0.29) is 57.4 Å². The molecule has 0 bridgehead atoms. The second kappa shape index (κ2) is 16.2. The van der Waals surface area contributed by atoms with Gasteiger partial charge in [-0.15, -0.1) is 0 Å². The van der Waals surface area contributed by atoms with E-state index >= 15 is 0 Å². The van der Waals surface area contributed by atoms with Crippen molar-refractivity contribution in [3.8, 4) is 0 Å². The number of urea groups is 1. The molecule has 1 aromatic rings. The van der Waals surface area contributed by atoms with E-state index in [0.717, 1.165) is 5.56 Å². The van der Waals surface area contributed by atoms with Gasteiger partial charge in [0.1, 0.15) is 0 Å². The molecule has 0 heterocycles. The standard InChI is InChI=1S/C27H41N5O6/c1-16(2)24(22(34)14-19(25(28)36)6-5-13-31-27(29)38)32-23(35)12-11-20(26(37)30-4)15-21(33)18-9-7-17(3)8-10-18/h7-10,16,19-20,24H,5-6,11-15H2,1-4H3,(H2,28,36)(H,30,37)(H,32,35)(H3,29,31,38)/t19-,20-,24+/m1/s1/i4D/hD. The van der Waals surface area contributed by atoms with Gasteiger partial charge in [-0.05, 0) is 32.1 Å². The van der Waals surface area contributed by atoms with Crippen molar-refractivity contribution in [2.45, 2.75) is 65.3 Å². The summed E-state index contributed by atoms with van der Waals surface area (Å²) in [4.78, 5) is 74.1. The van der Waals surface area contributed by atoms with Gasteiger partial charge in [0.25, 0.3) is 0 Å². The summed E-state index contributed by atoms with van der Waals surface area (Å²) in [5.41, 5.74) is 8.25. The zero-order chi connectivity index (χ0) is 30.2. The molecule has 5 amide bonds. The topological polar surface area (TPSA) is 191 Å². The normalized spacial score (nSPS) is 13.8. The van der Waals surface area contributed by atoms with E-state index in [1.807, 2.05) is 6.92 Å². The van der Waals surface area contributed by atoms with Gasteiger partial charge in [0.15, 0.2) is 13.0 Å². The lowest BCUT2D eigenvalue weighted by Crippen LogP contribution is -2.46. The highest BCUT2D eigenvalue weighted by atomic mass is 16.2. The summed E-state index contributed by atoms with van der Waals surface area (Å²) in [7, 11) is -0.365. The number of aryl methyl sites for hydroxylation is 1. The Morgan fingerprint density at radius 2 is 1.68 bits per heavy atom. The zero-order valence-corrected chi connectivity index (χ0v) is 22.3. The lowest BCUT2D eigenvalue weighted by atomic mass is 9.89. The number of primary amides is 2. The maximum Gasteiger partial charge on any atom is 0.312 e. The van der Waals surface area contributed by atoms with E-state index in [9.17, 15) is 28.8 Å². The minimum absolute atomic E-state index is 0.0327. The number of Topliss-reactive ketones (excluding diaryl/α,β-unsaturated/α-hetero) is 2. The number of hydrogen-bond donors (Lipinski definition) is 5. The third kappa shape index (κ3) is 11.5. The van der Waals surface area contributed by atoms with Gasteiger partial charge >= 0.3 is 6.03 Å². The Bertz CT molecular complexity index is 1030. The van der Waals surface area contributed by atoms with Gasteiger partial charge in [0.2, 0.25) is 17.7 Å². The SMILES string of the molecule is [2H]CNC(=O)[C@H](CCC(=O)N[C@H](C(=O)C[C@@H](CCCNC(N)=O)C(=O)N[2H])C(C)C)CC(=O)c1ccc(C)cc1. The molecule has 0 aliphatic carbocycles. The molecule has 1 rings (SSSR count). The lowest BCUT2D eigenvalue weighted by molar-refractivity contribution is -0.132. The third-order valence-corrected chi connectivity index (χ3v) is 6.25. The van der Waals surface area contributed by atoms with Crippen molar-refractivity contribution in [3.05, 3.63) is 35.4 Å². The van der Waals surface area contributed by atoms with Crippen molar-refractivity contribution in [2.24, 2.45) is 29.2 Å². The maximum absolute atomic E-state index is 13.1. The first-order valence-corrected chi connectivity index (χ1v) is 12.6. The van der Waals surface area contributed by atoms with Crippen LogP contribution in [0, 0.1) is 24.7 Å². The summed E-state index contributed by atoms with van der Waals surface area (Å²) >= 11 is 0. The minimum Gasteiger partial charge on any atom is -0.369 e. The van der Waals surface area contributed by atoms with Gasteiger partial charge in [-0.3, -0.25) is 24.0 Å². The van der Waals surface area contributed by atoms with Crippen molar-refractivity contribution in [1.82, 2.24) is 16.0 Å². The van der Waals surface area contributed by atoms with Crippen LogP contribution in [0.4, 0.5) is 4.79 Å². The van der Waals surface area contributed by atoms with E-state index < -0.39 is 47.4 Å². The second-order valence-electron chi connectivity index (χ2n) is 9.72. The number of amides is 5. The number of nitrogens with one attached hydrogen (secondary N) is 3. The van der Waals surface area contributed by atoms with Gasteiger partial charge in [-0.1, -0.05) is 43.7 Å². The summed E-state index contributed by atoms with van der Waals surface area (Å²) in [6, 6.07) is 5.31. The van der Waals surface area contributed by atoms with Crippen molar-refractivity contribution in [3.63, 3.8) is 0 Å². The number of hydrogen-bond acceptors (Lipinski definition) is 6. The Balaban J connectivity index is 2.83. The zero-order valence-electron chi connectivity index (χ0n) is 24.3. The molecule has 1 aromatic carbocycles. The van der Waals surface area contributed by atoms with E-state index in [1.165, 1.54) is 0 Å². The first-order chi connectivity index (χ1) is 18.9. The van der Waals surface area contributed by atoms with Gasteiger partial charge in [-0.25, -0.2) is 4.79 Å². The Kier molecular flexibility index (Phi) is 12.2. The number of rotatable bonds is 17. The highest BCUT2D eigenvalue weighted by molar-refractivity contribution is 5.98. The number of nitrogens with two attached hydrogens (primary N) is 2. The van der Waals surface area contributed by atoms with Gasteiger partial charge in [0.05, 0.1) is 6.04 Å². The van der Waals surface area contributed by atoms with Crippen LogP contribution in [0.2, 0.25) is 1.41 Å². The van der Waals surface area contributed by atoms with Crippen molar-refractivity contribution < 1.29 is 31.5 Å². The molecule has 11 nitrogen and oxygen atoms in total. The quantitative estimate of drug-likeness (QED) is 0.148. The molecular formula is C27H41N5O6. The molecule has 7 N–H and O–H groups in total.